The van der Waals surface area contributed by atoms with Gasteiger partial charge in [-0.1, -0.05) is 0 Å². The maximum absolute atomic E-state index is 12.6. The topological polar surface area (TPSA) is 139 Å². The van der Waals surface area contributed by atoms with Crippen LogP contribution in [0.4, 0.5) is 0 Å². The molecule has 1 aliphatic heterocycles. The van der Waals surface area contributed by atoms with Crippen molar-refractivity contribution in [1.29, 1.82) is 0 Å². The van der Waals surface area contributed by atoms with E-state index in [4.69, 9.17) is 11.5 Å². The summed E-state index contributed by atoms with van der Waals surface area (Å²) in [5, 5.41) is 9.59. The minimum absolute atomic E-state index is 0.0167. The van der Waals surface area contributed by atoms with E-state index in [1.807, 2.05) is 5.96 Å². The predicted octanol–water partition coefficient (Wildman–Crippen LogP) is -1.47. The second kappa shape index (κ2) is 5.89. The first-order valence-corrected chi connectivity index (χ1v) is 9.23. The average molecular weight is 352 g/mol. The van der Waals surface area contributed by atoms with E-state index in [9.17, 15) is 18.3 Å². The molecule has 0 aromatic carbocycles. The van der Waals surface area contributed by atoms with Crippen LogP contribution < -0.4 is 16.2 Å². The molecule has 0 radical (unpaired) electrons. The van der Waals surface area contributed by atoms with Gasteiger partial charge in [0.25, 0.3) is 0 Å². The Balaban J connectivity index is 1.89. The quantitative estimate of drug-likeness (QED) is 0.493. The van der Waals surface area contributed by atoms with E-state index in [0.29, 0.717) is 18.4 Å². The van der Waals surface area contributed by atoms with Crippen molar-refractivity contribution in [2.24, 2.45) is 11.5 Å². The molecule has 2 unspecified atom stereocenters. The molecule has 6 N–H and O–H groups in total. The minimum atomic E-state index is -3.85. The molecule has 1 saturated heterocycles. The third-order valence-electron chi connectivity index (χ3n) is 4.98. The molecule has 2 atom stereocenters. The second-order valence-electron chi connectivity index (χ2n) is 6.69. The summed E-state index contributed by atoms with van der Waals surface area (Å²) in [7, 11) is -3.85. The van der Waals surface area contributed by atoms with Gasteiger partial charge in [-0.25, -0.2) is 0 Å². The summed E-state index contributed by atoms with van der Waals surface area (Å²) in [4.78, 5) is 11.7. The Kier molecular flexibility index (Phi) is 4.29. The molecule has 1 aromatic rings. The average Bonchev–Trinajstić information content (AvgIpc) is 3.20. The molecule has 8 nitrogen and oxygen atoms in total. The summed E-state index contributed by atoms with van der Waals surface area (Å²) in [5.41, 5.74) is 10.2. The van der Waals surface area contributed by atoms with E-state index >= 15 is 0 Å². The van der Waals surface area contributed by atoms with Crippen LogP contribution in [0, 0.1) is 0 Å². The van der Waals surface area contributed by atoms with Crippen molar-refractivity contribution < 1.29 is 18.3 Å². The van der Waals surface area contributed by atoms with Crippen molar-refractivity contribution in [3.63, 3.8) is 0 Å². The van der Waals surface area contributed by atoms with Gasteiger partial charge in [-0.05, 0) is 0 Å². The number of carboxylic acids is 1. The van der Waals surface area contributed by atoms with Crippen molar-refractivity contribution in [1.82, 2.24) is 9.03 Å². The van der Waals surface area contributed by atoms with Crippen LogP contribution in [0.15, 0.2) is 24.1 Å². The van der Waals surface area contributed by atoms with Gasteiger partial charge in [0.1, 0.15) is 0 Å². The molecule has 0 bridgehead atoms. The molecule has 10 heteroatoms. The molecule has 3 rings (SSSR count). The number of hydrogen-bond acceptors (Lipinski definition) is 5. The third-order valence-corrected chi connectivity index (χ3v) is 6.62. The monoisotopic (exact) mass is 352 g/mol. The number of aliphatic carboxylic acids is 1. The van der Waals surface area contributed by atoms with E-state index in [1.54, 1.807) is 25.0 Å². The van der Waals surface area contributed by atoms with Crippen LogP contribution in [-0.4, -0.2) is 61.4 Å². The first-order chi connectivity index (χ1) is 11.2. The summed E-state index contributed by atoms with van der Waals surface area (Å²) in [6.45, 7) is 1.73. The molecular weight excluding hydrogens is 331 g/mol. The molecule has 0 spiro atoms. The van der Waals surface area contributed by atoms with Gasteiger partial charge in [0.15, 0.2) is 0 Å². The Morgan fingerprint density at radius 3 is 2.71 bits per heavy atom. The summed E-state index contributed by atoms with van der Waals surface area (Å²) >= 11 is 0. The van der Waals surface area contributed by atoms with Crippen molar-refractivity contribution in [2.75, 3.05) is 19.6 Å². The van der Waals surface area contributed by atoms with Gasteiger partial charge in [0.2, 0.25) is 0 Å². The van der Waals surface area contributed by atoms with Gasteiger partial charge in [-0.3, -0.25) is 0 Å². The number of hydrogen-bond donors (Lipinski definition) is 4. The SMILES string of the molecule is NCC1(NS(=O)(=O)N2CC(c3cbccc3)C(N)(C(=O)O)C2)CC1. The number of nitrogens with two attached hydrogens (primary N) is 2. The van der Waals surface area contributed by atoms with Crippen LogP contribution in [0.1, 0.15) is 24.3 Å². The van der Waals surface area contributed by atoms with Crippen LogP contribution >= 0.6 is 0 Å². The zero-order chi connectivity index (χ0) is 17.6. The number of nitrogens with zero attached hydrogens (tertiary/aromatic N) is 1. The predicted molar refractivity (Wildman–Crippen MR) is 89.7 cm³/mol. The first kappa shape index (κ1) is 17.5. The fourth-order valence-corrected chi connectivity index (χ4v) is 4.85. The van der Waals surface area contributed by atoms with E-state index in [0.717, 1.165) is 4.31 Å². The van der Waals surface area contributed by atoms with Crippen LogP contribution in [0.3, 0.4) is 0 Å². The molecule has 2 fully saturated rings. The number of nitrogens with one attached hydrogen (secondary N) is 1. The van der Waals surface area contributed by atoms with Gasteiger partial charge in [0.05, 0.1) is 0 Å². The summed E-state index contributed by atoms with van der Waals surface area (Å²) < 4.78 is 29.0. The fraction of sp³-hybridized carbons (Fsp3) is 0.571. The third kappa shape index (κ3) is 3.00. The summed E-state index contributed by atoms with van der Waals surface area (Å²) in [6.07, 6.45) is 1.37. The normalized spacial score (nSPS) is 29.3. The Bertz CT molecular complexity index is 740. The van der Waals surface area contributed by atoms with E-state index < -0.39 is 33.2 Å². The standard InChI is InChI=1S/C14H21BN4O4S/c16-8-13(3-4-13)18-24(22,23)19-7-11(10-2-1-5-15-6-10)14(17,9-19)12(20)21/h1-2,5-6,11,18H,3-4,7-9,16-17H2,(H,20,21). The Morgan fingerprint density at radius 1 is 1.50 bits per heavy atom. The molecular formula is C14H21BN4O4S. The molecule has 24 heavy (non-hydrogen) atoms. The van der Waals surface area contributed by atoms with Crippen molar-refractivity contribution in [2.45, 2.75) is 29.8 Å². The van der Waals surface area contributed by atoms with Crippen molar-refractivity contribution in [3.8, 4) is 0 Å². The van der Waals surface area contributed by atoms with E-state index in [-0.39, 0.29) is 19.6 Å². The van der Waals surface area contributed by atoms with Crippen LogP contribution in [0.2, 0.25) is 0 Å². The summed E-state index contributed by atoms with van der Waals surface area (Å²) in [5.74, 6) is 1.74. The molecule has 0 amide bonds. The van der Waals surface area contributed by atoms with Crippen LogP contribution in [0.5, 0.6) is 0 Å². The molecule has 2 aliphatic rings. The Morgan fingerprint density at radius 2 is 2.21 bits per heavy atom. The van der Waals surface area contributed by atoms with Gasteiger partial charge in [-0.2, -0.15) is 0 Å². The van der Waals surface area contributed by atoms with Crippen molar-refractivity contribution >= 4 is 23.1 Å². The van der Waals surface area contributed by atoms with Crippen LogP contribution in [0.25, 0.3) is 0 Å². The van der Waals surface area contributed by atoms with E-state index in [2.05, 4.69) is 4.72 Å². The number of rotatable bonds is 6. The van der Waals surface area contributed by atoms with E-state index in [1.165, 1.54) is 0 Å². The molecule has 1 aliphatic carbocycles. The molecule has 130 valence electrons. The zero-order valence-electron chi connectivity index (χ0n) is 13.2. The Labute approximate surface area is 141 Å². The molecule has 1 saturated carbocycles. The van der Waals surface area contributed by atoms with Crippen molar-refractivity contribution in [3.05, 3.63) is 29.6 Å². The van der Waals surface area contributed by atoms with Gasteiger partial charge < -0.3 is 0 Å². The molecule has 1 aromatic heterocycles. The maximum atomic E-state index is 12.6. The molecule has 2 heterocycles. The number of carboxylic acid groups (broad SMARTS) is 1. The Hall–Kier alpha value is -1.33. The van der Waals surface area contributed by atoms with Gasteiger partial charge >= 0.3 is 141 Å². The fourth-order valence-electron chi connectivity index (χ4n) is 3.16. The second-order valence-corrected chi connectivity index (χ2v) is 8.36. The zero-order valence-corrected chi connectivity index (χ0v) is 14.0. The number of carbonyl (C=O) groups is 1. The van der Waals surface area contributed by atoms with Gasteiger partial charge in [0, 0.05) is 0 Å². The summed E-state index contributed by atoms with van der Waals surface area (Å²) in [6, 6.07) is 3.54. The first-order valence-electron chi connectivity index (χ1n) is 7.79. The van der Waals surface area contributed by atoms with Gasteiger partial charge in [-0.15, -0.1) is 0 Å². The van der Waals surface area contributed by atoms with Crippen LogP contribution in [-0.2, 0) is 15.0 Å².